The highest BCUT2D eigenvalue weighted by molar-refractivity contribution is 6.06. The van der Waals surface area contributed by atoms with Crippen LogP contribution in [0.25, 0.3) is 22.6 Å². The number of benzene rings is 2. The number of hydrogen-bond donors (Lipinski definition) is 3. The summed E-state index contributed by atoms with van der Waals surface area (Å²) in [5.74, 6) is -1.44. The highest BCUT2D eigenvalue weighted by atomic mass is 19.1. The number of amides is 1. The Hall–Kier alpha value is -3.63. The first kappa shape index (κ1) is 25.6. The van der Waals surface area contributed by atoms with Gasteiger partial charge in [0.15, 0.2) is 11.5 Å². The number of hydrogen-bond acceptors (Lipinski definition) is 5. The van der Waals surface area contributed by atoms with Crippen LogP contribution >= 0.6 is 0 Å². The molecule has 2 aromatic heterocycles. The Labute approximate surface area is 225 Å². The number of nitrogens with one attached hydrogen (secondary N) is 3. The van der Waals surface area contributed by atoms with E-state index in [0.29, 0.717) is 11.5 Å². The first-order valence-electron chi connectivity index (χ1n) is 13.7. The second kappa shape index (κ2) is 10.9. The molecular formula is C29H33F2N7O. The van der Waals surface area contributed by atoms with Crippen LogP contribution in [0.15, 0.2) is 42.6 Å². The molecule has 3 N–H and O–H groups in total. The number of fused-ring (bicyclic) bond motifs is 1. The van der Waals surface area contributed by atoms with Crippen LogP contribution in [0.1, 0.15) is 48.5 Å². The van der Waals surface area contributed by atoms with Crippen molar-refractivity contribution in [3.63, 3.8) is 0 Å². The minimum atomic E-state index is -0.932. The van der Waals surface area contributed by atoms with Crippen molar-refractivity contribution in [1.29, 1.82) is 0 Å². The first-order valence-corrected chi connectivity index (χ1v) is 13.7. The van der Waals surface area contributed by atoms with Crippen molar-refractivity contribution in [1.82, 2.24) is 30.0 Å². The molecule has 1 aliphatic carbocycles. The standard InChI is InChI=1S/C29H33F2N7O/c1-18-5-8-20(9-6-18)38-13-11-37(12-14-38)17-19-7-10-23-24(15-19)34-28(33-23)27-25(16-32-36-27)35-29(39)26-21(30)3-2-4-22(26)31/h2-4,7,10,15-16,18,20H,5-6,8-9,11-14,17H2,1H3,(H,32,36)(H,33,34)(H,35,39). The Balaban J connectivity index is 1.12. The lowest BCUT2D eigenvalue weighted by Crippen LogP contribution is -2.50. The third kappa shape index (κ3) is 5.44. The molecule has 2 aromatic carbocycles. The number of imidazole rings is 1. The molecule has 3 heterocycles. The van der Waals surface area contributed by atoms with Gasteiger partial charge in [-0.2, -0.15) is 5.10 Å². The number of rotatable bonds is 6. The number of carbonyl (C=O) groups excluding carboxylic acids is 1. The van der Waals surface area contributed by atoms with Gasteiger partial charge in [-0.15, -0.1) is 0 Å². The molecule has 0 unspecified atom stereocenters. The average molecular weight is 534 g/mol. The van der Waals surface area contributed by atoms with Gasteiger partial charge in [0, 0.05) is 45.0 Å². The highest BCUT2D eigenvalue weighted by Gasteiger charge is 2.27. The van der Waals surface area contributed by atoms with Gasteiger partial charge in [-0.05, 0) is 61.4 Å². The number of aromatic nitrogens is 4. The van der Waals surface area contributed by atoms with Crippen LogP contribution in [-0.2, 0) is 6.54 Å². The fraction of sp³-hybridized carbons (Fsp3) is 0.414. The Morgan fingerprint density at radius 3 is 2.54 bits per heavy atom. The van der Waals surface area contributed by atoms with E-state index < -0.39 is 23.1 Å². The molecule has 1 amide bonds. The van der Waals surface area contributed by atoms with Crippen LogP contribution in [0, 0.1) is 17.6 Å². The van der Waals surface area contributed by atoms with Crippen LogP contribution in [0.2, 0.25) is 0 Å². The van der Waals surface area contributed by atoms with Gasteiger partial charge < -0.3 is 10.3 Å². The van der Waals surface area contributed by atoms with Crippen molar-refractivity contribution in [3.05, 3.63) is 65.4 Å². The Kier molecular flexibility index (Phi) is 7.14. The zero-order valence-corrected chi connectivity index (χ0v) is 22.0. The second-order valence-electron chi connectivity index (χ2n) is 10.9. The van der Waals surface area contributed by atoms with Crippen molar-refractivity contribution in [2.45, 2.75) is 45.2 Å². The molecule has 0 spiro atoms. The van der Waals surface area contributed by atoms with E-state index in [4.69, 9.17) is 4.98 Å². The number of nitrogens with zero attached hydrogens (tertiary/aromatic N) is 4. The monoisotopic (exact) mass is 533 g/mol. The summed E-state index contributed by atoms with van der Waals surface area (Å²) in [6, 6.07) is 10.2. The third-order valence-electron chi connectivity index (χ3n) is 8.16. The molecule has 39 heavy (non-hydrogen) atoms. The summed E-state index contributed by atoms with van der Waals surface area (Å²) in [6.45, 7) is 7.61. The Morgan fingerprint density at radius 2 is 1.79 bits per heavy atom. The minimum absolute atomic E-state index is 0.271. The van der Waals surface area contributed by atoms with E-state index in [-0.39, 0.29) is 5.69 Å². The van der Waals surface area contributed by atoms with E-state index in [2.05, 4.69) is 49.4 Å². The van der Waals surface area contributed by atoms with E-state index in [1.807, 2.05) is 6.07 Å². The maximum Gasteiger partial charge on any atom is 0.261 e. The number of anilines is 1. The van der Waals surface area contributed by atoms with Crippen LogP contribution in [0.4, 0.5) is 14.5 Å². The molecule has 4 aromatic rings. The fourth-order valence-corrected chi connectivity index (χ4v) is 5.88. The molecule has 1 saturated carbocycles. The average Bonchev–Trinajstić information content (AvgIpc) is 3.56. The van der Waals surface area contributed by atoms with Gasteiger partial charge in [0.05, 0.1) is 16.7 Å². The van der Waals surface area contributed by atoms with Crippen molar-refractivity contribution < 1.29 is 13.6 Å². The van der Waals surface area contributed by atoms with Gasteiger partial charge >= 0.3 is 0 Å². The Morgan fingerprint density at radius 1 is 1.05 bits per heavy atom. The van der Waals surface area contributed by atoms with Gasteiger partial charge in [0.1, 0.15) is 17.2 Å². The SMILES string of the molecule is CC1CCC(N2CCN(Cc3ccc4[nH]c(-c5n[nH]cc5NC(=O)c5c(F)cccc5F)nc4c3)CC2)CC1. The molecule has 0 bridgehead atoms. The maximum atomic E-state index is 14.1. The van der Waals surface area contributed by atoms with E-state index >= 15 is 0 Å². The third-order valence-corrected chi connectivity index (χ3v) is 8.16. The number of aromatic amines is 2. The summed E-state index contributed by atoms with van der Waals surface area (Å²) in [7, 11) is 0. The molecular weight excluding hydrogens is 500 g/mol. The molecule has 1 saturated heterocycles. The molecule has 2 aliphatic rings. The van der Waals surface area contributed by atoms with Gasteiger partial charge in [0.25, 0.3) is 5.91 Å². The van der Waals surface area contributed by atoms with Crippen LogP contribution < -0.4 is 5.32 Å². The first-order chi connectivity index (χ1) is 18.9. The lowest BCUT2D eigenvalue weighted by atomic mass is 9.86. The fourth-order valence-electron chi connectivity index (χ4n) is 5.88. The number of H-pyrrole nitrogens is 2. The molecule has 204 valence electrons. The highest BCUT2D eigenvalue weighted by Crippen LogP contribution is 2.29. The van der Waals surface area contributed by atoms with E-state index in [1.165, 1.54) is 43.5 Å². The van der Waals surface area contributed by atoms with Crippen molar-refractivity contribution in [3.8, 4) is 11.5 Å². The van der Waals surface area contributed by atoms with Gasteiger partial charge in [-0.1, -0.05) is 19.1 Å². The van der Waals surface area contributed by atoms with Crippen molar-refractivity contribution >= 4 is 22.6 Å². The van der Waals surface area contributed by atoms with E-state index in [1.54, 1.807) is 0 Å². The number of piperazine rings is 1. The van der Waals surface area contributed by atoms with Gasteiger partial charge in [-0.3, -0.25) is 19.7 Å². The normalized spacial score (nSPS) is 20.9. The predicted molar refractivity (Wildman–Crippen MR) is 146 cm³/mol. The van der Waals surface area contributed by atoms with Gasteiger partial charge in [-0.25, -0.2) is 13.8 Å². The van der Waals surface area contributed by atoms with Crippen molar-refractivity contribution in [2.24, 2.45) is 5.92 Å². The van der Waals surface area contributed by atoms with Crippen LogP contribution in [0.3, 0.4) is 0 Å². The molecule has 2 fully saturated rings. The maximum absolute atomic E-state index is 14.1. The summed E-state index contributed by atoms with van der Waals surface area (Å²) in [5, 5.41) is 9.45. The van der Waals surface area contributed by atoms with Crippen LogP contribution in [-0.4, -0.2) is 68.1 Å². The van der Waals surface area contributed by atoms with Crippen molar-refractivity contribution in [2.75, 3.05) is 31.5 Å². The molecule has 8 nitrogen and oxygen atoms in total. The number of carbonyl (C=O) groups is 1. The predicted octanol–water partition coefficient (Wildman–Crippen LogP) is 5.18. The largest absolute Gasteiger partial charge is 0.337 e. The summed E-state index contributed by atoms with van der Waals surface area (Å²) in [4.78, 5) is 25.7. The molecule has 1 aliphatic heterocycles. The van der Waals surface area contributed by atoms with Crippen LogP contribution in [0.5, 0.6) is 0 Å². The summed E-state index contributed by atoms with van der Waals surface area (Å²) < 4.78 is 28.1. The summed E-state index contributed by atoms with van der Waals surface area (Å²) >= 11 is 0. The second-order valence-corrected chi connectivity index (χ2v) is 10.9. The molecule has 6 rings (SSSR count). The zero-order valence-electron chi connectivity index (χ0n) is 22.0. The molecule has 0 atom stereocenters. The minimum Gasteiger partial charge on any atom is -0.337 e. The van der Waals surface area contributed by atoms with E-state index in [9.17, 15) is 13.6 Å². The molecule has 0 radical (unpaired) electrons. The summed E-state index contributed by atoms with van der Waals surface area (Å²) in [6.07, 6.45) is 6.83. The van der Waals surface area contributed by atoms with E-state index in [0.717, 1.165) is 67.8 Å². The molecule has 10 heteroatoms. The number of halogens is 2. The lowest BCUT2D eigenvalue weighted by Gasteiger charge is -2.41. The smallest absolute Gasteiger partial charge is 0.261 e. The summed E-state index contributed by atoms with van der Waals surface area (Å²) in [5.41, 5.74) is 2.79. The topological polar surface area (TPSA) is 92.9 Å². The van der Waals surface area contributed by atoms with Gasteiger partial charge in [0.2, 0.25) is 0 Å². The lowest BCUT2D eigenvalue weighted by molar-refractivity contribution is 0.0689. The Bertz CT molecular complexity index is 1450. The quantitative estimate of drug-likeness (QED) is 0.318. The zero-order chi connectivity index (χ0) is 26.9.